The number of hydrogen-bond acceptors (Lipinski definition) is 4. The predicted octanol–water partition coefficient (Wildman–Crippen LogP) is 3.57. The molecule has 0 radical (unpaired) electrons. The first-order valence-electron chi connectivity index (χ1n) is 10.8. The molecule has 1 unspecified atom stereocenters. The van der Waals surface area contributed by atoms with Crippen molar-refractivity contribution in [1.82, 2.24) is 10.2 Å². The topological polar surface area (TPSA) is 70.7 Å². The van der Waals surface area contributed by atoms with Crippen LogP contribution in [0.4, 0.5) is 5.69 Å². The Balaban J connectivity index is 1.55. The summed E-state index contributed by atoms with van der Waals surface area (Å²) in [5.41, 5.74) is 3.59. The van der Waals surface area contributed by atoms with Crippen molar-refractivity contribution in [3.63, 3.8) is 0 Å². The molecule has 0 aromatic heterocycles. The molecule has 6 nitrogen and oxygen atoms in total. The minimum Gasteiger partial charge on any atom is -0.379 e. The van der Waals surface area contributed by atoms with Gasteiger partial charge in [-0.05, 0) is 47.7 Å². The van der Waals surface area contributed by atoms with Crippen LogP contribution < -0.4 is 10.6 Å². The highest BCUT2D eigenvalue weighted by atomic mass is 16.5. The molecule has 1 heterocycles. The zero-order chi connectivity index (χ0) is 22.4. The number of nitrogens with one attached hydrogen (secondary N) is 2. The fraction of sp³-hybridized carbons (Fsp3) is 0.440. The van der Waals surface area contributed by atoms with Crippen LogP contribution in [0, 0.1) is 0 Å². The van der Waals surface area contributed by atoms with Crippen molar-refractivity contribution in [3.8, 4) is 0 Å². The van der Waals surface area contributed by atoms with Gasteiger partial charge in [0.05, 0.1) is 13.2 Å². The summed E-state index contributed by atoms with van der Waals surface area (Å²) in [4.78, 5) is 27.5. The number of carbonyl (C=O) groups excluding carboxylic acids is 2. The molecule has 0 aliphatic carbocycles. The Bertz CT molecular complexity index is 897. The van der Waals surface area contributed by atoms with E-state index >= 15 is 0 Å². The van der Waals surface area contributed by atoms with Gasteiger partial charge in [0.1, 0.15) is 6.04 Å². The van der Waals surface area contributed by atoms with Gasteiger partial charge < -0.3 is 15.4 Å². The SMILES string of the molecule is CC(NC(=O)c1ccc(C(C)(C)C)cc1)C(=O)Nc1cccc(CN2CCOCC2)c1. The number of amides is 2. The molecule has 1 aliphatic heterocycles. The highest BCUT2D eigenvalue weighted by Crippen LogP contribution is 2.22. The maximum Gasteiger partial charge on any atom is 0.251 e. The normalized spacial score (nSPS) is 15.9. The summed E-state index contributed by atoms with van der Waals surface area (Å²) in [6.07, 6.45) is 0. The quantitative estimate of drug-likeness (QED) is 0.745. The van der Waals surface area contributed by atoms with E-state index in [1.54, 1.807) is 19.1 Å². The number of rotatable bonds is 6. The molecule has 31 heavy (non-hydrogen) atoms. The minimum absolute atomic E-state index is 0.0263. The lowest BCUT2D eigenvalue weighted by Gasteiger charge is -2.26. The zero-order valence-electron chi connectivity index (χ0n) is 18.9. The Morgan fingerprint density at radius 1 is 1.06 bits per heavy atom. The van der Waals surface area contributed by atoms with E-state index in [0.717, 1.165) is 49.7 Å². The van der Waals surface area contributed by atoms with Crippen LogP contribution in [0.3, 0.4) is 0 Å². The third-order valence-corrected chi connectivity index (χ3v) is 5.46. The van der Waals surface area contributed by atoms with Gasteiger partial charge in [0.25, 0.3) is 5.91 Å². The number of hydrogen-bond donors (Lipinski definition) is 2. The van der Waals surface area contributed by atoms with Crippen molar-refractivity contribution in [2.75, 3.05) is 31.6 Å². The maximum atomic E-state index is 12.6. The van der Waals surface area contributed by atoms with Gasteiger partial charge in [-0.25, -0.2) is 0 Å². The van der Waals surface area contributed by atoms with Gasteiger partial charge in [-0.15, -0.1) is 0 Å². The zero-order valence-corrected chi connectivity index (χ0v) is 18.9. The molecule has 3 rings (SSSR count). The van der Waals surface area contributed by atoms with Gasteiger partial charge in [-0.1, -0.05) is 45.0 Å². The smallest absolute Gasteiger partial charge is 0.251 e. The van der Waals surface area contributed by atoms with Gasteiger partial charge in [0.15, 0.2) is 0 Å². The van der Waals surface area contributed by atoms with E-state index in [1.807, 2.05) is 30.3 Å². The van der Waals surface area contributed by atoms with Crippen LogP contribution in [0.25, 0.3) is 0 Å². The van der Waals surface area contributed by atoms with E-state index in [2.05, 4.69) is 42.4 Å². The standard InChI is InChI=1S/C25H33N3O3/c1-18(26-24(30)20-8-10-21(11-9-20)25(2,3)4)23(29)27-22-7-5-6-19(16-22)17-28-12-14-31-15-13-28/h5-11,16,18H,12-15,17H2,1-4H3,(H,26,30)(H,27,29). The number of ether oxygens (including phenoxy) is 1. The summed E-state index contributed by atoms with van der Waals surface area (Å²) in [7, 11) is 0. The number of anilines is 1. The second kappa shape index (κ2) is 10.1. The highest BCUT2D eigenvalue weighted by Gasteiger charge is 2.19. The van der Waals surface area contributed by atoms with Crippen molar-refractivity contribution in [2.45, 2.75) is 45.7 Å². The molecule has 1 saturated heterocycles. The maximum absolute atomic E-state index is 12.6. The molecule has 2 N–H and O–H groups in total. The molecular formula is C25H33N3O3. The third-order valence-electron chi connectivity index (χ3n) is 5.46. The lowest BCUT2D eigenvalue weighted by atomic mass is 9.86. The fourth-order valence-electron chi connectivity index (χ4n) is 3.48. The molecule has 2 amide bonds. The summed E-state index contributed by atoms with van der Waals surface area (Å²) in [5, 5.41) is 5.69. The largest absolute Gasteiger partial charge is 0.379 e. The van der Waals surface area contributed by atoms with Crippen LogP contribution >= 0.6 is 0 Å². The molecule has 1 fully saturated rings. The van der Waals surface area contributed by atoms with E-state index in [-0.39, 0.29) is 17.2 Å². The van der Waals surface area contributed by atoms with Gasteiger partial charge in [0, 0.05) is 30.9 Å². The van der Waals surface area contributed by atoms with E-state index in [4.69, 9.17) is 4.74 Å². The minimum atomic E-state index is -0.655. The van der Waals surface area contributed by atoms with Gasteiger partial charge in [-0.3, -0.25) is 14.5 Å². The van der Waals surface area contributed by atoms with E-state index in [0.29, 0.717) is 5.56 Å². The van der Waals surface area contributed by atoms with Crippen LogP contribution in [0.15, 0.2) is 48.5 Å². The molecule has 166 valence electrons. The number of benzene rings is 2. The van der Waals surface area contributed by atoms with Crippen molar-refractivity contribution >= 4 is 17.5 Å². The summed E-state index contributed by atoms with van der Waals surface area (Å²) < 4.78 is 5.39. The van der Waals surface area contributed by atoms with Crippen LogP contribution in [0.1, 0.15) is 49.2 Å². The first-order chi connectivity index (χ1) is 14.7. The van der Waals surface area contributed by atoms with Gasteiger partial charge in [-0.2, -0.15) is 0 Å². The van der Waals surface area contributed by atoms with Crippen LogP contribution in [-0.2, 0) is 21.5 Å². The van der Waals surface area contributed by atoms with Crippen LogP contribution in [0.2, 0.25) is 0 Å². The molecule has 2 aromatic carbocycles. The molecular weight excluding hydrogens is 390 g/mol. The van der Waals surface area contributed by atoms with Crippen molar-refractivity contribution < 1.29 is 14.3 Å². The summed E-state index contributed by atoms with van der Waals surface area (Å²) in [6, 6.07) is 14.7. The van der Waals surface area contributed by atoms with Crippen molar-refractivity contribution in [1.29, 1.82) is 0 Å². The molecule has 1 atom stereocenters. The van der Waals surface area contributed by atoms with E-state index < -0.39 is 6.04 Å². The van der Waals surface area contributed by atoms with E-state index in [1.165, 1.54) is 0 Å². The fourth-order valence-corrected chi connectivity index (χ4v) is 3.48. The molecule has 0 spiro atoms. The lowest BCUT2D eigenvalue weighted by molar-refractivity contribution is -0.117. The monoisotopic (exact) mass is 423 g/mol. The molecule has 6 heteroatoms. The first-order valence-corrected chi connectivity index (χ1v) is 10.8. The summed E-state index contributed by atoms with van der Waals surface area (Å²) in [6.45, 7) is 12.2. The number of carbonyl (C=O) groups is 2. The molecule has 0 bridgehead atoms. The van der Waals surface area contributed by atoms with Crippen LogP contribution in [0.5, 0.6) is 0 Å². The second-order valence-corrected chi connectivity index (χ2v) is 9.10. The predicted molar refractivity (Wildman–Crippen MR) is 123 cm³/mol. The Labute approximate surface area is 185 Å². The third kappa shape index (κ3) is 6.64. The molecule has 0 saturated carbocycles. The first kappa shape index (κ1) is 23.0. The second-order valence-electron chi connectivity index (χ2n) is 9.10. The van der Waals surface area contributed by atoms with Crippen molar-refractivity contribution in [2.24, 2.45) is 0 Å². The van der Waals surface area contributed by atoms with E-state index in [9.17, 15) is 9.59 Å². The Morgan fingerprint density at radius 3 is 2.39 bits per heavy atom. The van der Waals surface area contributed by atoms with Crippen LogP contribution in [-0.4, -0.2) is 49.1 Å². The Kier molecular flexibility index (Phi) is 7.46. The Hall–Kier alpha value is -2.70. The number of nitrogens with zero attached hydrogens (tertiary/aromatic N) is 1. The number of morpholine rings is 1. The Morgan fingerprint density at radius 2 is 1.74 bits per heavy atom. The lowest BCUT2D eigenvalue weighted by Crippen LogP contribution is -2.41. The van der Waals surface area contributed by atoms with Gasteiger partial charge >= 0.3 is 0 Å². The molecule has 2 aromatic rings. The molecule has 1 aliphatic rings. The summed E-state index contributed by atoms with van der Waals surface area (Å²) in [5.74, 6) is -0.507. The highest BCUT2D eigenvalue weighted by molar-refractivity contribution is 6.01. The van der Waals surface area contributed by atoms with Gasteiger partial charge in [0.2, 0.25) is 5.91 Å². The summed E-state index contributed by atoms with van der Waals surface area (Å²) >= 11 is 0. The average molecular weight is 424 g/mol. The van der Waals surface area contributed by atoms with Crippen molar-refractivity contribution in [3.05, 3.63) is 65.2 Å². The average Bonchev–Trinajstić information content (AvgIpc) is 2.74.